The van der Waals surface area contributed by atoms with Crippen LogP contribution < -0.4 is 5.32 Å². The van der Waals surface area contributed by atoms with Crippen molar-refractivity contribution in [2.45, 2.75) is 59.0 Å². The van der Waals surface area contributed by atoms with Crippen LogP contribution in [-0.4, -0.2) is 32.8 Å². The van der Waals surface area contributed by atoms with Crippen molar-refractivity contribution in [1.82, 2.24) is 15.1 Å². The van der Waals surface area contributed by atoms with Crippen LogP contribution in [0.4, 0.5) is 0 Å². The Morgan fingerprint density at radius 3 is 2.55 bits per heavy atom. The summed E-state index contributed by atoms with van der Waals surface area (Å²) in [5, 5.41) is 16.0. The van der Waals surface area contributed by atoms with Crippen molar-refractivity contribution >= 4 is 11.9 Å². The number of aliphatic carboxylic acids is 1. The van der Waals surface area contributed by atoms with Crippen molar-refractivity contribution in [3.8, 4) is 0 Å². The van der Waals surface area contributed by atoms with Gasteiger partial charge in [-0.1, -0.05) is 26.0 Å². The Morgan fingerprint density at radius 2 is 2.05 bits per heavy atom. The van der Waals surface area contributed by atoms with E-state index < -0.39 is 17.9 Å². The van der Waals surface area contributed by atoms with Crippen molar-refractivity contribution in [2.24, 2.45) is 0 Å². The molecule has 6 nitrogen and oxygen atoms in total. The molecule has 2 N–H and O–H groups in total. The standard InChI is InChI=1S/C16H25N3O3/c1-5-8-9-14(16(21)22)18-15(20)13-10-17-19(11(13)4)12(6-2)7-3/h5,8,10,12,14H,6-7,9H2,1-4H3,(H,18,20)(H,21,22)/b8-5+. The van der Waals surface area contributed by atoms with Gasteiger partial charge in [-0.3, -0.25) is 9.48 Å². The Kier molecular flexibility index (Phi) is 6.82. The molecular formula is C16H25N3O3. The first-order chi connectivity index (χ1) is 10.5. The van der Waals surface area contributed by atoms with Crippen LogP contribution in [0.25, 0.3) is 0 Å². The highest BCUT2D eigenvalue weighted by molar-refractivity contribution is 5.97. The molecule has 22 heavy (non-hydrogen) atoms. The van der Waals surface area contributed by atoms with Crippen molar-refractivity contribution < 1.29 is 14.7 Å². The molecule has 0 aliphatic heterocycles. The predicted octanol–water partition coefficient (Wildman–Crippen LogP) is 2.70. The molecule has 1 unspecified atom stereocenters. The number of rotatable bonds is 8. The fourth-order valence-corrected chi connectivity index (χ4v) is 2.38. The molecular weight excluding hydrogens is 282 g/mol. The summed E-state index contributed by atoms with van der Waals surface area (Å²) in [7, 11) is 0. The van der Waals surface area contributed by atoms with Crippen LogP contribution in [0.2, 0.25) is 0 Å². The van der Waals surface area contributed by atoms with E-state index in [2.05, 4.69) is 24.3 Å². The summed E-state index contributed by atoms with van der Waals surface area (Å²) >= 11 is 0. The monoisotopic (exact) mass is 307 g/mol. The summed E-state index contributed by atoms with van der Waals surface area (Å²) < 4.78 is 1.84. The first-order valence-electron chi connectivity index (χ1n) is 7.65. The van der Waals surface area contributed by atoms with Gasteiger partial charge in [0.05, 0.1) is 17.8 Å². The smallest absolute Gasteiger partial charge is 0.326 e. The number of carboxylic acid groups (broad SMARTS) is 1. The number of carbonyl (C=O) groups is 2. The molecule has 1 heterocycles. The highest BCUT2D eigenvalue weighted by Gasteiger charge is 2.23. The molecule has 0 aromatic carbocycles. The van der Waals surface area contributed by atoms with Gasteiger partial charge in [-0.25, -0.2) is 4.79 Å². The Labute approximate surface area is 131 Å². The van der Waals surface area contributed by atoms with Crippen LogP contribution in [0.5, 0.6) is 0 Å². The molecule has 1 rings (SSSR count). The maximum atomic E-state index is 12.3. The van der Waals surface area contributed by atoms with Crippen LogP contribution in [0.15, 0.2) is 18.3 Å². The topological polar surface area (TPSA) is 84.2 Å². The van der Waals surface area contributed by atoms with Crippen LogP contribution in [-0.2, 0) is 4.79 Å². The Balaban J connectivity index is 2.91. The SMILES string of the molecule is C/C=C/CC(NC(=O)c1cnn(C(CC)CC)c1C)C(=O)O. The summed E-state index contributed by atoms with van der Waals surface area (Å²) in [5.41, 5.74) is 1.19. The minimum absolute atomic E-state index is 0.250. The summed E-state index contributed by atoms with van der Waals surface area (Å²) in [6, 6.07) is -0.681. The zero-order valence-electron chi connectivity index (χ0n) is 13.7. The van der Waals surface area contributed by atoms with Gasteiger partial charge < -0.3 is 10.4 Å². The first kappa shape index (κ1) is 17.9. The molecule has 1 aromatic heterocycles. The van der Waals surface area contributed by atoms with Crippen LogP contribution >= 0.6 is 0 Å². The highest BCUT2D eigenvalue weighted by atomic mass is 16.4. The molecule has 1 amide bonds. The molecule has 0 aliphatic rings. The molecule has 1 atom stereocenters. The number of allylic oxidation sites excluding steroid dienone is 1. The van der Waals surface area contributed by atoms with Gasteiger partial charge in [0.25, 0.3) is 5.91 Å². The van der Waals surface area contributed by atoms with Gasteiger partial charge in [0.1, 0.15) is 6.04 Å². The quantitative estimate of drug-likeness (QED) is 0.723. The number of amides is 1. The fraction of sp³-hybridized carbons (Fsp3) is 0.562. The third kappa shape index (κ3) is 4.19. The Morgan fingerprint density at radius 1 is 1.41 bits per heavy atom. The van der Waals surface area contributed by atoms with Gasteiger partial charge in [-0.2, -0.15) is 5.10 Å². The summed E-state index contributed by atoms with van der Waals surface area (Å²) in [6.45, 7) is 7.80. The molecule has 0 saturated carbocycles. The van der Waals surface area contributed by atoms with Crippen molar-refractivity contribution in [3.05, 3.63) is 29.6 Å². The van der Waals surface area contributed by atoms with Gasteiger partial charge in [0, 0.05) is 5.69 Å². The molecule has 0 radical (unpaired) electrons. The molecule has 1 aromatic rings. The molecule has 0 fully saturated rings. The highest BCUT2D eigenvalue weighted by Crippen LogP contribution is 2.19. The van der Waals surface area contributed by atoms with Crippen molar-refractivity contribution in [2.75, 3.05) is 0 Å². The minimum Gasteiger partial charge on any atom is -0.480 e. The lowest BCUT2D eigenvalue weighted by Gasteiger charge is -2.16. The van der Waals surface area contributed by atoms with Gasteiger partial charge >= 0.3 is 5.97 Å². The molecule has 0 saturated heterocycles. The van der Waals surface area contributed by atoms with Gasteiger partial charge in [-0.15, -0.1) is 0 Å². The number of nitrogens with one attached hydrogen (secondary N) is 1. The lowest BCUT2D eigenvalue weighted by atomic mass is 10.1. The Bertz CT molecular complexity index is 545. The number of carbonyl (C=O) groups excluding carboxylic acids is 1. The number of hydrogen-bond donors (Lipinski definition) is 2. The zero-order valence-corrected chi connectivity index (χ0v) is 13.7. The molecule has 0 bridgehead atoms. The third-order valence-corrected chi connectivity index (χ3v) is 3.79. The largest absolute Gasteiger partial charge is 0.480 e. The van der Waals surface area contributed by atoms with Crippen LogP contribution in [0.1, 0.15) is 62.1 Å². The van der Waals surface area contributed by atoms with E-state index in [-0.39, 0.29) is 12.5 Å². The molecule has 122 valence electrons. The third-order valence-electron chi connectivity index (χ3n) is 3.79. The lowest BCUT2D eigenvalue weighted by molar-refractivity contribution is -0.139. The second kappa shape index (κ2) is 8.36. The number of carboxylic acids is 1. The maximum absolute atomic E-state index is 12.3. The van der Waals surface area contributed by atoms with E-state index in [1.807, 2.05) is 18.5 Å². The average molecular weight is 307 g/mol. The summed E-state index contributed by atoms with van der Waals surface area (Å²) in [6.07, 6.45) is 7.12. The van der Waals surface area contributed by atoms with Gasteiger partial charge in [0.2, 0.25) is 0 Å². The average Bonchev–Trinajstić information content (AvgIpc) is 2.86. The maximum Gasteiger partial charge on any atom is 0.326 e. The van der Waals surface area contributed by atoms with Crippen molar-refractivity contribution in [1.29, 1.82) is 0 Å². The van der Waals surface area contributed by atoms with Crippen LogP contribution in [0.3, 0.4) is 0 Å². The first-order valence-corrected chi connectivity index (χ1v) is 7.65. The predicted molar refractivity (Wildman–Crippen MR) is 84.9 cm³/mol. The Hall–Kier alpha value is -2.11. The lowest BCUT2D eigenvalue weighted by Crippen LogP contribution is -2.40. The van der Waals surface area contributed by atoms with Gasteiger partial charge in [0.15, 0.2) is 0 Å². The van der Waals surface area contributed by atoms with E-state index >= 15 is 0 Å². The number of aromatic nitrogens is 2. The molecule has 6 heteroatoms. The van der Waals surface area contributed by atoms with E-state index in [1.165, 1.54) is 6.20 Å². The normalized spacial score (nSPS) is 12.8. The van der Waals surface area contributed by atoms with E-state index in [1.54, 1.807) is 12.2 Å². The number of hydrogen-bond acceptors (Lipinski definition) is 3. The second-order valence-corrected chi connectivity index (χ2v) is 5.23. The molecule has 0 spiro atoms. The zero-order chi connectivity index (χ0) is 16.7. The van der Waals surface area contributed by atoms with Crippen LogP contribution in [0, 0.1) is 6.92 Å². The molecule has 0 aliphatic carbocycles. The minimum atomic E-state index is -1.04. The summed E-state index contributed by atoms with van der Waals surface area (Å²) in [4.78, 5) is 23.5. The van der Waals surface area contributed by atoms with E-state index in [9.17, 15) is 9.59 Å². The van der Waals surface area contributed by atoms with Gasteiger partial charge in [-0.05, 0) is 33.1 Å². The van der Waals surface area contributed by atoms with E-state index in [0.717, 1.165) is 18.5 Å². The number of nitrogens with zero attached hydrogens (tertiary/aromatic N) is 2. The summed E-state index contributed by atoms with van der Waals surface area (Å²) in [5.74, 6) is -1.44. The van der Waals surface area contributed by atoms with E-state index in [4.69, 9.17) is 5.11 Å². The van der Waals surface area contributed by atoms with E-state index in [0.29, 0.717) is 5.56 Å². The fourth-order valence-electron chi connectivity index (χ4n) is 2.38. The van der Waals surface area contributed by atoms with Crippen molar-refractivity contribution in [3.63, 3.8) is 0 Å². The second-order valence-electron chi connectivity index (χ2n) is 5.23.